The van der Waals surface area contributed by atoms with Gasteiger partial charge in [0.1, 0.15) is 11.4 Å². The smallest absolute Gasteiger partial charge is 0.337 e. The molecular formula is C23H22N2O4. The number of nitrogens with zero attached hydrogens (tertiary/aromatic N) is 1. The summed E-state index contributed by atoms with van der Waals surface area (Å²) in [5.74, 6) is -0.826. The maximum atomic E-state index is 13.3. The van der Waals surface area contributed by atoms with E-state index in [-0.39, 0.29) is 17.3 Å². The molecule has 6 heteroatoms. The van der Waals surface area contributed by atoms with Crippen molar-refractivity contribution in [1.82, 2.24) is 4.90 Å². The summed E-state index contributed by atoms with van der Waals surface area (Å²) in [5, 5.41) is 3.13. The molecule has 29 heavy (non-hydrogen) atoms. The molecule has 0 unspecified atom stereocenters. The molecule has 0 saturated carbocycles. The SMILES string of the molecule is COC(=O)c1cccc(NC2=C(N3CCCCC3)C(=O)c3ccccc3C2=O)c1. The number of hydrogen-bond donors (Lipinski definition) is 1. The molecule has 0 spiro atoms. The van der Waals surface area contributed by atoms with E-state index in [0.717, 1.165) is 32.4 Å². The lowest BCUT2D eigenvalue weighted by molar-refractivity contribution is 0.0600. The number of piperidine rings is 1. The van der Waals surface area contributed by atoms with Crippen molar-refractivity contribution in [2.45, 2.75) is 19.3 Å². The first-order valence-electron chi connectivity index (χ1n) is 9.73. The Morgan fingerprint density at radius 3 is 2.31 bits per heavy atom. The highest BCUT2D eigenvalue weighted by Gasteiger charge is 2.35. The molecule has 6 nitrogen and oxygen atoms in total. The molecule has 1 N–H and O–H groups in total. The van der Waals surface area contributed by atoms with Crippen LogP contribution in [-0.2, 0) is 4.74 Å². The number of ether oxygens (including phenoxy) is 1. The van der Waals surface area contributed by atoms with Crippen LogP contribution in [0.2, 0.25) is 0 Å². The molecule has 4 rings (SSSR count). The highest BCUT2D eigenvalue weighted by atomic mass is 16.5. The summed E-state index contributed by atoms with van der Waals surface area (Å²) < 4.78 is 4.77. The van der Waals surface area contributed by atoms with Crippen LogP contribution in [0.4, 0.5) is 5.69 Å². The number of Topliss-reactive ketones (excluding diaryl/α,β-unsaturated/α-hetero) is 2. The number of methoxy groups -OCH3 is 1. The number of carbonyl (C=O) groups is 3. The van der Waals surface area contributed by atoms with Gasteiger partial charge in [-0.3, -0.25) is 9.59 Å². The van der Waals surface area contributed by atoms with Crippen LogP contribution in [0.5, 0.6) is 0 Å². The minimum absolute atomic E-state index is 0.145. The summed E-state index contributed by atoms with van der Waals surface area (Å²) in [4.78, 5) is 40.5. The molecule has 2 aromatic carbocycles. The predicted molar refractivity (Wildman–Crippen MR) is 109 cm³/mol. The third-order valence-corrected chi connectivity index (χ3v) is 5.32. The largest absolute Gasteiger partial charge is 0.465 e. The maximum Gasteiger partial charge on any atom is 0.337 e. The average Bonchev–Trinajstić information content (AvgIpc) is 2.77. The zero-order valence-electron chi connectivity index (χ0n) is 16.2. The van der Waals surface area contributed by atoms with Crippen molar-refractivity contribution in [2.24, 2.45) is 0 Å². The summed E-state index contributed by atoms with van der Waals surface area (Å²) >= 11 is 0. The van der Waals surface area contributed by atoms with E-state index in [9.17, 15) is 14.4 Å². The molecule has 148 valence electrons. The van der Waals surface area contributed by atoms with Gasteiger partial charge >= 0.3 is 5.97 Å². The Bertz CT molecular complexity index is 1020. The topological polar surface area (TPSA) is 75.7 Å². The summed E-state index contributed by atoms with van der Waals surface area (Å²) in [6, 6.07) is 13.6. The number of hydrogen-bond acceptors (Lipinski definition) is 6. The minimum atomic E-state index is -0.463. The van der Waals surface area contributed by atoms with E-state index in [1.807, 2.05) is 4.90 Å². The monoisotopic (exact) mass is 390 g/mol. The average molecular weight is 390 g/mol. The Labute approximate surface area is 169 Å². The van der Waals surface area contributed by atoms with E-state index in [1.54, 1.807) is 48.5 Å². The molecule has 0 radical (unpaired) electrons. The Balaban J connectivity index is 1.79. The van der Waals surface area contributed by atoms with Crippen LogP contribution in [0.1, 0.15) is 50.3 Å². The zero-order chi connectivity index (χ0) is 20.4. The molecule has 0 aromatic heterocycles. The first-order valence-corrected chi connectivity index (χ1v) is 9.73. The fourth-order valence-corrected chi connectivity index (χ4v) is 3.88. The molecular weight excluding hydrogens is 368 g/mol. The molecule has 2 aromatic rings. The van der Waals surface area contributed by atoms with Gasteiger partial charge in [0.15, 0.2) is 0 Å². The zero-order valence-corrected chi connectivity index (χ0v) is 16.2. The second-order valence-electron chi connectivity index (χ2n) is 7.17. The summed E-state index contributed by atoms with van der Waals surface area (Å²) in [6.45, 7) is 1.48. The second kappa shape index (κ2) is 7.91. The molecule has 1 fully saturated rings. The Morgan fingerprint density at radius 2 is 1.62 bits per heavy atom. The maximum absolute atomic E-state index is 13.3. The van der Waals surface area contributed by atoms with Crippen molar-refractivity contribution >= 4 is 23.2 Å². The molecule has 0 amide bonds. The van der Waals surface area contributed by atoms with Gasteiger partial charge in [0.2, 0.25) is 11.6 Å². The van der Waals surface area contributed by atoms with Crippen molar-refractivity contribution < 1.29 is 19.1 Å². The highest BCUT2D eigenvalue weighted by Crippen LogP contribution is 2.31. The lowest BCUT2D eigenvalue weighted by Crippen LogP contribution is -2.39. The van der Waals surface area contributed by atoms with Crippen LogP contribution >= 0.6 is 0 Å². The second-order valence-corrected chi connectivity index (χ2v) is 7.17. The number of rotatable bonds is 4. The third-order valence-electron chi connectivity index (χ3n) is 5.32. The van der Waals surface area contributed by atoms with Gasteiger partial charge in [-0.25, -0.2) is 4.79 Å². The van der Waals surface area contributed by atoms with E-state index in [1.165, 1.54) is 7.11 Å². The number of esters is 1. The quantitative estimate of drug-likeness (QED) is 0.803. The van der Waals surface area contributed by atoms with Crippen molar-refractivity contribution in [1.29, 1.82) is 0 Å². The Kier molecular flexibility index (Phi) is 5.16. The number of fused-ring (bicyclic) bond motifs is 1. The number of carbonyl (C=O) groups excluding carboxylic acids is 3. The molecule has 2 aliphatic rings. The number of likely N-dealkylation sites (tertiary alicyclic amines) is 1. The first-order chi connectivity index (χ1) is 14.1. The Morgan fingerprint density at radius 1 is 0.931 bits per heavy atom. The fraction of sp³-hybridized carbons (Fsp3) is 0.261. The van der Waals surface area contributed by atoms with Crippen LogP contribution in [-0.4, -0.2) is 42.6 Å². The van der Waals surface area contributed by atoms with E-state index in [2.05, 4.69) is 5.32 Å². The van der Waals surface area contributed by atoms with Gasteiger partial charge in [0.05, 0.1) is 12.7 Å². The van der Waals surface area contributed by atoms with Crippen molar-refractivity contribution in [2.75, 3.05) is 25.5 Å². The van der Waals surface area contributed by atoms with Crippen LogP contribution in [0, 0.1) is 0 Å². The van der Waals surface area contributed by atoms with E-state index >= 15 is 0 Å². The van der Waals surface area contributed by atoms with E-state index < -0.39 is 5.97 Å². The van der Waals surface area contributed by atoms with Crippen molar-refractivity contribution in [3.63, 3.8) is 0 Å². The van der Waals surface area contributed by atoms with Crippen LogP contribution in [0.25, 0.3) is 0 Å². The van der Waals surface area contributed by atoms with E-state index in [4.69, 9.17) is 4.74 Å². The third kappa shape index (κ3) is 3.53. The summed E-state index contributed by atoms with van der Waals surface area (Å²) in [6.07, 6.45) is 3.09. The molecule has 0 bridgehead atoms. The van der Waals surface area contributed by atoms with Gasteiger partial charge in [0, 0.05) is 29.9 Å². The van der Waals surface area contributed by atoms with Gasteiger partial charge in [-0.1, -0.05) is 30.3 Å². The lowest BCUT2D eigenvalue weighted by Gasteiger charge is -2.34. The molecule has 1 aliphatic carbocycles. The standard InChI is InChI=1S/C23H22N2O4/c1-29-23(28)15-8-7-9-16(14-15)24-19-20(25-12-5-2-6-13-25)22(27)18-11-4-3-10-17(18)21(19)26/h3-4,7-11,14,24H,2,5-6,12-13H2,1H3. The number of ketones is 2. The number of allylic oxidation sites excluding steroid dienone is 2. The predicted octanol–water partition coefficient (Wildman–Crippen LogP) is 3.66. The van der Waals surface area contributed by atoms with Crippen molar-refractivity contribution in [3.8, 4) is 0 Å². The molecule has 1 heterocycles. The lowest BCUT2D eigenvalue weighted by atomic mass is 9.89. The van der Waals surface area contributed by atoms with Gasteiger partial charge in [-0.15, -0.1) is 0 Å². The van der Waals surface area contributed by atoms with Crippen molar-refractivity contribution in [3.05, 3.63) is 76.6 Å². The van der Waals surface area contributed by atoms with Crippen LogP contribution < -0.4 is 5.32 Å². The first kappa shape index (κ1) is 18.9. The molecule has 0 atom stereocenters. The van der Waals surface area contributed by atoms with Gasteiger partial charge in [-0.05, 0) is 37.5 Å². The van der Waals surface area contributed by atoms with Crippen LogP contribution in [0.15, 0.2) is 59.9 Å². The Hall–Kier alpha value is -3.41. The summed E-state index contributed by atoms with van der Waals surface area (Å²) in [5.41, 5.74) is 2.43. The van der Waals surface area contributed by atoms with Crippen LogP contribution in [0.3, 0.4) is 0 Å². The summed E-state index contributed by atoms with van der Waals surface area (Å²) in [7, 11) is 1.32. The fourth-order valence-electron chi connectivity index (χ4n) is 3.88. The van der Waals surface area contributed by atoms with Gasteiger partial charge < -0.3 is 15.0 Å². The number of benzene rings is 2. The van der Waals surface area contributed by atoms with Gasteiger partial charge in [0.25, 0.3) is 0 Å². The molecule has 1 aliphatic heterocycles. The normalized spacial score (nSPS) is 16.5. The van der Waals surface area contributed by atoms with Gasteiger partial charge in [-0.2, -0.15) is 0 Å². The molecule has 1 saturated heterocycles. The number of nitrogens with one attached hydrogen (secondary N) is 1. The van der Waals surface area contributed by atoms with E-state index in [0.29, 0.717) is 28.1 Å². The highest BCUT2D eigenvalue weighted by molar-refractivity contribution is 6.27. The number of anilines is 1. The minimum Gasteiger partial charge on any atom is -0.465 e.